The number of aromatic nitrogens is 2. The highest BCUT2D eigenvalue weighted by Crippen LogP contribution is 2.18. The summed E-state index contributed by atoms with van der Waals surface area (Å²) in [5.74, 6) is 1.44. The molecule has 1 aromatic heterocycles. The summed E-state index contributed by atoms with van der Waals surface area (Å²) in [5, 5.41) is 0. The zero-order valence-corrected chi connectivity index (χ0v) is 14.9. The molecule has 1 heterocycles. The fourth-order valence-corrected chi connectivity index (χ4v) is 2.23. The van der Waals surface area contributed by atoms with E-state index in [1.165, 1.54) is 6.08 Å². The van der Waals surface area contributed by atoms with Crippen molar-refractivity contribution in [1.29, 1.82) is 0 Å². The Balaban J connectivity index is 3.12. The number of nitrogens with zero attached hydrogens (tertiary/aromatic N) is 1. The molecule has 0 aliphatic heterocycles. The molecule has 1 aromatic rings. The SMILES string of the molecule is C=Cc1nc(N)[nH]c(=O)c1/C=C(\C)C/C(C)=C/C(OC)=C(\C)OC. The molecule has 0 fully saturated rings. The Morgan fingerprint density at radius 1 is 1.25 bits per heavy atom. The molecule has 6 nitrogen and oxygen atoms in total. The quantitative estimate of drug-likeness (QED) is 0.591. The van der Waals surface area contributed by atoms with Crippen LogP contribution in [0.3, 0.4) is 0 Å². The number of nitrogens with two attached hydrogens (primary N) is 1. The second-order valence-electron chi connectivity index (χ2n) is 5.44. The number of ether oxygens (including phenoxy) is 2. The van der Waals surface area contributed by atoms with Gasteiger partial charge in [-0.3, -0.25) is 9.78 Å². The molecule has 24 heavy (non-hydrogen) atoms. The summed E-state index contributed by atoms with van der Waals surface area (Å²) in [6, 6.07) is 0. The van der Waals surface area contributed by atoms with Gasteiger partial charge in [0.25, 0.3) is 5.56 Å². The first-order chi connectivity index (χ1) is 11.3. The van der Waals surface area contributed by atoms with Crippen molar-refractivity contribution in [2.24, 2.45) is 0 Å². The van der Waals surface area contributed by atoms with Crippen LogP contribution in [0.4, 0.5) is 5.95 Å². The summed E-state index contributed by atoms with van der Waals surface area (Å²) in [6.45, 7) is 9.44. The van der Waals surface area contributed by atoms with Crippen LogP contribution in [0.1, 0.15) is 38.4 Å². The van der Waals surface area contributed by atoms with Gasteiger partial charge in [-0.1, -0.05) is 17.7 Å². The molecule has 0 amide bonds. The molecule has 0 aromatic carbocycles. The van der Waals surface area contributed by atoms with E-state index in [0.29, 0.717) is 29.2 Å². The van der Waals surface area contributed by atoms with Gasteiger partial charge < -0.3 is 15.2 Å². The largest absolute Gasteiger partial charge is 0.498 e. The van der Waals surface area contributed by atoms with Gasteiger partial charge in [-0.05, 0) is 45.4 Å². The van der Waals surface area contributed by atoms with Gasteiger partial charge in [-0.15, -0.1) is 0 Å². The normalized spacial score (nSPS) is 13.4. The van der Waals surface area contributed by atoms with E-state index < -0.39 is 0 Å². The van der Waals surface area contributed by atoms with Crippen molar-refractivity contribution < 1.29 is 9.47 Å². The van der Waals surface area contributed by atoms with Gasteiger partial charge in [0.1, 0.15) is 5.76 Å². The molecule has 6 heteroatoms. The summed E-state index contributed by atoms with van der Waals surface area (Å²) in [7, 11) is 3.19. The lowest BCUT2D eigenvalue weighted by atomic mass is 10.0. The maximum Gasteiger partial charge on any atom is 0.260 e. The van der Waals surface area contributed by atoms with Crippen LogP contribution in [-0.2, 0) is 9.47 Å². The highest BCUT2D eigenvalue weighted by Gasteiger charge is 2.07. The maximum atomic E-state index is 12.1. The zero-order valence-electron chi connectivity index (χ0n) is 14.9. The minimum atomic E-state index is -0.286. The molecule has 0 aliphatic rings. The number of nitrogen functional groups attached to an aromatic ring is 1. The summed E-state index contributed by atoms with van der Waals surface area (Å²) >= 11 is 0. The third kappa shape index (κ3) is 5.15. The second-order valence-corrected chi connectivity index (χ2v) is 5.44. The van der Waals surface area contributed by atoms with E-state index in [1.54, 1.807) is 20.3 Å². The van der Waals surface area contributed by atoms with Crippen LogP contribution in [0.25, 0.3) is 12.2 Å². The number of hydrogen-bond acceptors (Lipinski definition) is 5. The van der Waals surface area contributed by atoms with E-state index >= 15 is 0 Å². The molecule has 0 bridgehead atoms. The summed E-state index contributed by atoms with van der Waals surface area (Å²) in [5.41, 5.74) is 8.23. The third-order valence-corrected chi connectivity index (χ3v) is 3.40. The average Bonchev–Trinajstić information content (AvgIpc) is 2.53. The van der Waals surface area contributed by atoms with Crippen molar-refractivity contribution >= 4 is 18.1 Å². The number of aromatic amines is 1. The Hall–Kier alpha value is -2.76. The van der Waals surface area contributed by atoms with Crippen molar-refractivity contribution in [1.82, 2.24) is 9.97 Å². The van der Waals surface area contributed by atoms with Crippen LogP contribution in [0.15, 0.2) is 40.1 Å². The smallest absolute Gasteiger partial charge is 0.260 e. The number of rotatable bonds is 7. The fourth-order valence-electron chi connectivity index (χ4n) is 2.23. The standard InChI is InChI=1S/C18H25N3O3/c1-7-15-14(17(22)21-18(19)20-15)9-11(2)8-12(3)10-16(24-6)13(4)23-5/h7,9-10H,1,8H2,2-6H3,(H3,19,20,21,22)/b11-9+,12-10+,16-13-. The van der Waals surface area contributed by atoms with Crippen molar-refractivity contribution in [3.8, 4) is 0 Å². The maximum absolute atomic E-state index is 12.1. The van der Waals surface area contributed by atoms with Crippen molar-refractivity contribution in [3.63, 3.8) is 0 Å². The Morgan fingerprint density at radius 3 is 2.46 bits per heavy atom. The number of allylic oxidation sites excluding steroid dienone is 4. The van der Waals surface area contributed by atoms with Gasteiger partial charge in [0.2, 0.25) is 5.95 Å². The number of methoxy groups -OCH3 is 2. The van der Waals surface area contributed by atoms with E-state index in [-0.39, 0.29) is 11.5 Å². The predicted molar refractivity (Wildman–Crippen MR) is 98.1 cm³/mol. The summed E-state index contributed by atoms with van der Waals surface area (Å²) in [4.78, 5) is 18.6. The molecule has 0 spiro atoms. The van der Waals surface area contributed by atoms with Crippen LogP contribution in [0.2, 0.25) is 0 Å². The molecular weight excluding hydrogens is 306 g/mol. The van der Waals surface area contributed by atoms with Crippen LogP contribution < -0.4 is 11.3 Å². The van der Waals surface area contributed by atoms with E-state index in [1.807, 2.05) is 26.8 Å². The minimum absolute atomic E-state index is 0.0747. The highest BCUT2D eigenvalue weighted by molar-refractivity contribution is 5.63. The fraction of sp³-hybridized carbons (Fsp3) is 0.333. The topological polar surface area (TPSA) is 90.2 Å². The monoisotopic (exact) mass is 331 g/mol. The lowest BCUT2D eigenvalue weighted by molar-refractivity contribution is 0.232. The van der Waals surface area contributed by atoms with Crippen molar-refractivity contribution in [3.05, 3.63) is 56.9 Å². The van der Waals surface area contributed by atoms with E-state index in [0.717, 1.165) is 11.1 Å². The molecule has 1 rings (SSSR count). The molecule has 0 saturated carbocycles. The second kappa shape index (κ2) is 8.76. The first-order valence-corrected chi connectivity index (χ1v) is 7.47. The lowest BCUT2D eigenvalue weighted by Gasteiger charge is -2.09. The van der Waals surface area contributed by atoms with Crippen molar-refractivity contribution in [2.45, 2.75) is 27.2 Å². The van der Waals surface area contributed by atoms with Gasteiger partial charge in [-0.2, -0.15) is 0 Å². The Morgan fingerprint density at radius 2 is 1.92 bits per heavy atom. The van der Waals surface area contributed by atoms with E-state index in [9.17, 15) is 4.79 Å². The first kappa shape index (κ1) is 19.3. The molecule has 0 atom stereocenters. The van der Waals surface area contributed by atoms with Gasteiger partial charge in [0.05, 0.1) is 25.5 Å². The number of hydrogen-bond donors (Lipinski definition) is 2. The Bertz CT molecular complexity index is 755. The van der Waals surface area contributed by atoms with E-state index in [4.69, 9.17) is 15.2 Å². The van der Waals surface area contributed by atoms with Gasteiger partial charge >= 0.3 is 0 Å². The Labute approximate surface area is 142 Å². The molecule has 130 valence electrons. The molecule has 0 radical (unpaired) electrons. The number of H-pyrrole nitrogens is 1. The van der Waals surface area contributed by atoms with Crippen LogP contribution in [0.5, 0.6) is 0 Å². The minimum Gasteiger partial charge on any atom is -0.498 e. The summed E-state index contributed by atoms with van der Waals surface area (Å²) < 4.78 is 10.5. The number of nitrogens with one attached hydrogen (secondary N) is 1. The highest BCUT2D eigenvalue weighted by atomic mass is 16.5. The Kier molecular flexibility index (Phi) is 7.04. The molecular formula is C18H25N3O3. The van der Waals surface area contributed by atoms with Crippen molar-refractivity contribution in [2.75, 3.05) is 20.0 Å². The first-order valence-electron chi connectivity index (χ1n) is 7.47. The van der Waals surface area contributed by atoms with Gasteiger partial charge in [0.15, 0.2) is 5.76 Å². The lowest BCUT2D eigenvalue weighted by Crippen LogP contribution is -2.16. The van der Waals surface area contributed by atoms with Crippen LogP contribution >= 0.6 is 0 Å². The van der Waals surface area contributed by atoms with Gasteiger partial charge in [0, 0.05) is 0 Å². The zero-order chi connectivity index (χ0) is 18.3. The molecule has 0 saturated heterocycles. The van der Waals surface area contributed by atoms with Gasteiger partial charge in [-0.25, -0.2) is 4.98 Å². The third-order valence-electron chi connectivity index (χ3n) is 3.40. The molecule has 0 unspecified atom stereocenters. The molecule has 0 aliphatic carbocycles. The average molecular weight is 331 g/mol. The number of anilines is 1. The predicted octanol–water partition coefficient (Wildman–Crippen LogP) is 3.26. The van der Waals surface area contributed by atoms with Crippen LogP contribution in [-0.4, -0.2) is 24.2 Å². The van der Waals surface area contributed by atoms with E-state index in [2.05, 4.69) is 16.5 Å². The molecule has 3 N–H and O–H groups in total. The summed E-state index contributed by atoms with van der Waals surface area (Å²) in [6.07, 6.45) is 5.89. The van der Waals surface area contributed by atoms with Crippen LogP contribution in [0, 0.1) is 0 Å².